The lowest BCUT2D eigenvalue weighted by molar-refractivity contribution is -0.152. The van der Waals surface area contributed by atoms with E-state index < -0.39 is 11.6 Å². The molecule has 0 radical (unpaired) electrons. The summed E-state index contributed by atoms with van der Waals surface area (Å²) >= 11 is 0. The van der Waals surface area contributed by atoms with Gasteiger partial charge in [0.1, 0.15) is 11.3 Å². The van der Waals surface area contributed by atoms with Gasteiger partial charge in [-0.1, -0.05) is 0 Å². The van der Waals surface area contributed by atoms with Crippen LogP contribution in [0.2, 0.25) is 0 Å². The molecule has 21 heavy (non-hydrogen) atoms. The monoisotopic (exact) mass is 288 g/mol. The van der Waals surface area contributed by atoms with Gasteiger partial charge in [-0.15, -0.1) is 0 Å². The molecule has 2 aromatic rings. The van der Waals surface area contributed by atoms with Crippen LogP contribution in [0.4, 0.5) is 0 Å². The molecule has 5 nitrogen and oxygen atoms in total. The van der Waals surface area contributed by atoms with Gasteiger partial charge in [0.2, 0.25) is 0 Å². The first-order valence-corrected chi connectivity index (χ1v) is 6.89. The van der Waals surface area contributed by atoms with Crippen LogP contribution in [0.1, 0.15) is 31.4 Å². The summed E-state index contributed by atoms with van der Waals surface area (Å²) in [5.74, 6) is -0.686. The number of carboxylic acids is 1. The fraction of sp³-hybridized carbons (Fsp3) is 0.375. The third kappa shape index (κ3) is 2.28. The maximum Gasteiger partial charge on any atom is 0.347 e. The highest BCUT2D eigenvalue weighted by atomic mass is 16.5. The zero-order chi connectivity index (χ0) is 15.2. The van der Waals surface area contributed by atoms with Crippen molar-refractivity contribution in [1.29, 1.82) is 0 Å². The van der Waals surface area contributed by atoms with E-state index in [1.54, 1.807) is 12.1 Å². The molecule has 0 spiro atoms. The fourth-order valence-corrected chi connectivity index (χ4v) is 2.67. The van der Waals surface area contributed by atoms with Gasteiger partial charge < -0.3 is 14.3 Å². The molecule has 0 aliphatic heterocycles. The van der Waals surface area contributed by atoms with E-state index >= 15 is 0 Å². The van der Waals surface area contributed by atoms with E-state index in [0.717, 1.165) is 35.8 Å². The Balaban J connectivity index is 2.08. The lowest BCUT2D eigenvalue weighted by atomic mass is 10.1. The van der Waals surface area contributed by atoms with Gasteiger partial charge in [0.25, 0.3) is 0 Å². The number of fused-ring (bicyclic) bond motifs is 3. The topological polar surface area (TPSA) is 76.7 Å². The van der Waals surface area contributed by atoms with Crippen molar-refractivity contribution >= 4 is 16.9 Å². The predicted molar refractivity (Wildman–Crippen MR) is 76.9 cm³/mol. The molecule has 1 aromatic carbocycles. The van der Waals surface area contributed by atoms with Gasteiger partial charge >= 0.3 is 11.6 Å². The van der Waals surface area contributed by atoms with E-state index in [1.807, 2.05) is 6.07 Å². The highest BCUT2D eigenvalue weighted by Crippen LogP contribution is 2.30. The molecule has 1 heterocycles. The molecule has 5 heteroatoms. The van der Waals surface area contributed by atoms with E-state index in [2.05, 4.69) is 0 Å². The van der Waals surface area contributed by atoms with Crippen LogP contribution >= 0.6 is 0 Å². The molecule has 0 saturated carbocycles. The van der Waals surface area contributed by atoms with Crippen molar-refractivity contribution in [2.75, 3.05) is 0 Å². The summed E-state index contributed by atoms with van der Waals surface area (Å²) in [6, 6.07) is 5.13. The Labute approximate surface area is 121 Å². The second kappa shape index (κ2) is 4.62. The summed E-state index contributed by atoms with van der Waals surface area (Å²) in [6.07, 6.45) is 2.60. The highest BCUT2D eigenvalue weighted by Gasteiger charge is 2.29. The molecule has 1 aromatic heterocycles. The molecule has 3 rings (SSSR count). The summed E-state index contributed by atoms with van der Waals surface area (Å²) in [7, 11) is 0. The van der Waals surface area contributed by atoms with Gasteiger partial charge in [-0.05, 0) is 50.8 Å². The van der Waals surface area contributed by atoms with Crippen LogP contribution in [0, 0.1) is 0 Å². The van der Waals surface area contributed by atoms with Crippen LogP contribution in [0.25, 0.3) is 11.0 Å². The summed E-state index contributed by atoms with van der Waals surface area (Å²) < 4.78 is 10.8. The number of ether oxygens (including phenoxy) is 1. The lowest BCUT2D eigenvalue weighted by Gasteiger charge is -2.21. The van der Waals surface area contributed by atoms with Gasteiger partial charge in [0, 0.05) is 17.0 Å². The largest absolute Gasteiger partial charge is 0.478 e. The van der Waals surface area contributed by atoms with E-state index in [4.69, 9.17) is 14.3 Å². The average Bonchev–Trinajstić information content (AvgIpc) is 2.88. The van der Waals surface area contributed by atoms with E-state index in [9.17, 15) is 9.59 Å². The lowest BCUT2D eigenvalue weighted by Crippen LogP contribution is -2.37. The first-order valence-electron chi connectivity index (χ1n) is 6.89. The van der Waals surface area contributed by atoms with Crippen molar-refractivity contribution in [2.24, 2.45) is 0 Å². The number of aryl methyl sites for hydroxylation is 1. The number of rotatable bonds is 3. The smallest absolute Gasteiger partial charge is 0.347 e. The molecule has 0 atom stereocenters. The summed E-state index contributed by atoms with van der Waals surface area (Å²) in [5, 5.41) is 9.99. The quantitative estimate of drug-likeness (QED) is 0.878. The van der Waals surface area contributed by atoms with E-state index in [0.29, 0.717) is 11.3 Å². The molecule has 110 valence electrons. The Morgan fingerprint density at radius 3 is 2.71 bits per heavy atom. The predicted octanol–water partition coefficient (Wildman–Crippen LogP) is 2.52. The van der Waals surface area contributed by atoms with Crippen molar-refractivity contribution < 1.29 is 19.1 Å². The van der Waals surface area contributed by atoms with Crippen LogP contribution in [0.3, 0.4) is 0 Å². The van der Waals surface area contributed by atoms with Crippen LogP contribution in [-0.4, -0.2) is 16.7 Å². The molecule has 0 bridgehead atoms. The van der Waals surface area contributed by atoms with Crippen molar-refractivity contribution in [3.63, 3.8) is 0 Å². The molecule has 0 saturated heterocycles. The van der Waals surface area contributed by atoms with Gasteiger partial charge in [-0.25, -0.2) is 9.59 Å². The molecule has 1 N–H and O–H groups in total. The average molecular weight is 288 g/mol. The molecular formula is C16H16O5. The Morgan fingerprint density at radius 1 is 1.29 bits per heavy atom. The van der Waals surface area contributed by atoms with Crippen LogP contribution in [-0.2, 0) is 17.6 Å². The Bertz CT molecular complexity index is 785. The molecule has 1 aliphatic rings. The van der Waals surface area contributed by atoms with Gasteiger partial charge in [-0.3, -0.25) is 0 Å². The third-order valence-electron chi connectivity index (χ3n) is 3.83. The van der Waals surface area contributed by atoms with Crippen LogP contribution in [0.15, 0.2) is 27.4 Å². The van der Waals surface area contributed by atoms with Crippen LogP contribution in [0.5, 0.6) is 5.75 Å². The minimum absolute atomic E-state index is 0.301. The normalized spacial score (nSPS) is 14.2. The molecule has 0 fully saturated rings. The Hall–Kier alpha value is -2.30. The van der Waals surface area contributed by atoms with Gasteiger partial charge in [0.15, 0.2) is 5.60 Å². The zero-order valence-electron chi connectivity index (χ0n) is 11.9. The number of benzene rings is 1. The van der Waals surface area contributed by atoms with E-state index in [-0.39, 0.29) is 5.63 Å². The maximum absolute atomic E-state index is 11.9. The minimum atomic E-state index is -1.34. The van der Waals surface area contributed by atoms with Crippen molar-refractivity contribution in [3.05, 3.63) is 39.7 Å². The van der Waals surface area contributed by atoms with Crippen molar-refractivity contribution in [2.45, 2.75) is 38.7 Å². The van der Waals surface area contributed by atoms with Crippen molar-refractivity contribution in [3.8, 4) is 5.75 Å². The van der Waals surface area contributed by atoms with Crippen LogP contribution < -0.4 is 10.4 Å². The number of aliphatic carboxylic acids is 1. The third-order valence-corrected chi connectivity index (χ3v) is 3.83. The van der Waals surface area contributed by atoms with E-state index in [1.165, 1.54) is 13.8 Å². The standard InChI is InChI=1S/C16H16O5/c1-16(2,15(18)19)21-9-6-7-11-10-4-3-5-12(10)14(17)20-13(11)8-9/h6-8H,3-5H2,1-2H3,(H,18,19). The maximum atomic E-state index is 11.9. The molecule has 0 amide bonds. The second-order valence-corrected chi connectivity index (χ2v) is 5.78. The number of hydrogen-bond donors (Lipinski definition) is 1. The minimum Gasteiger partial charge on any atom is -0.478 e. The first-order chi connectivity index (χ1) is 9.88. The number of carboxylic acid groups (broad SMARTS) is 1. The zero-order valence-corrected chi connectivity index (χ0v) is 11.9. The molecular weight excluding hydrogens is 272 g/mol. The SMILES string of the molecule is CC(C)(Oc1ccc2c3c(c(=O)oc2c1)CCC3)C(=O)O. The first kappa shape index (κ1) is 13.7. The number of hydrogen-bond acceptors (Lipinski definition) is 4. The fourth-order valence-electron chi connectivity index (χ4n) is 2.67. The van der Waals surface area contributed by atoms with Crippen molar-refractivity contribution in [1.82, 2.24) is 0 Å². The summed E-state index contributed by atoms with van der Waals surface area (Å²) in [5.41, 5.74) is 0.612. The Morgan fingerprint density at radius 2 is 2.00 bits per heavy atom. The Kier molecular flexibility index (Phi) is 3.01. The van der Waals surface area contributed by atoms with Gasteiger partial charge in [0.05, 0.1) is 0 Å². The molecule has 1 aliphatic carbocycles. The highest BCUT2D eigenvalue weighted by molar-refractivity contribution is 5.83. The summed E-state index contributed by atoms with van der Waals surface area (Å²) in [6.45, 7) is 2.94. The second-order valence-electron chi connectivity index (χ2n) is 5.78. The summed E-state index contributed by atoms with van der Waals surface area (Å²) in [4.78, 5) is 23.0. The molecule has 0 unspecified atom stereocenters. The number of carbonyl (C=O) groups is 1. The van der Waals surface area contributed by atoms with Gasteiger partial charge in [-0.2, -0.15) is 0 Å².